The van der Waals surface area contributed by atoms with Crippen LogP contribution in [0.1, 0.15) is 43.9 Å². The molecule has 2 atom stereocenters. The molecule has 3 aromatic rings. The van der Waals surface area contributed by atoms with Gasteiger partial charge in [0.2, 0.25) is 11.8 Å². The van der Waals surface area contributed by atoms with E-state index in [9.17, 15) is 22.4 Å². The normalized spacial score (nSPS) is 12.9. The summed E-state index contributed by atoms with van der Waals surface area (Å²) in [4.78, 5) is 28.3. The summed E-state index contributed by atoms with van der Waals surface area (Å²) in [5.74, 6) is -1.43. The Hall–Kier alpha value is -3.72. The van der Waals surface area contributed by atoms with E-state index in [4.69, 9.17) is 0 Å². The second kappa shape index (κ2) is 12.9. The minimum atomic E-state index is -4.20. The van der Waals surface area contributed by atoms with Crippen LogP contribution in [0.3, 0.4) is 0 Å². The van der Waals surface area contributed by atoms with Crippen molar-refractivity contribution >= 4 is 27.5 Å². The van der Waals surface area contributed by atoms with Crippen molar-refractivity contribution in [1.29, 1.82) is 0 Å². The van der Waals surface area contributed by atoms with Crippen molar-refractivity contribution in [3.8, 4) is 0 Å². The van der Waals surface area contributed by atoms with Crippen LogP contribution in [-0.4, -0.2) is 43.8 Å². The lowest BCUT2D eigenvalue weighted by Crippen LogP contribution is -2.52. The second-order valence-corrected chi connectivity index (χ2v) is 11.7. The van der Waals surface area contributed by atoms with Gasteiger partial charge in [0, 0.05) is 12.6 Å². The third-order valence-electron chi connectivity index (χ3n) is 6.61. The SMILES string of the molecule is CC[C@@H](C)NC(=O)[C@@H](C)N(Cc1cccc(C)c1)C(=O)CN(c1ccc(F)cc1)S(=O)(=O)c1ccc(C)cc1. The predicted molar refractivity (Wildman–Crippen MR) is 151 cm³/mol. The van der Waals surface area contributed by atoms with Crippen LogP contribution in [0.15, 0.2) is 77.7 Å². The third kappa shape index (κ3) is 7.66. The number of nitrogens with one attached hydrogen (secondary N) is 1. The average Bonchev–Trinajstić information content (AvgIpc) is 2.90. The Morgan fingerprint density at radius 3 is 2.15 bits per heavy atom. The van der Waals surface area contributed by atoms with Crippen LogP contribution in [0.4, 0.5) is 10.1 Å². The highest BCUT2D eigenvalue weighted by atomic mass is 32.2. The van der Waals surface area contributed by atoms with Crippen molar-refractivity contribution in [1.82, 2.24) is 10.2 Å². The fourth-order valence-electron chi connectivity index (χ4n) is 4.03. The number of hydrogen-bond donors (Lipinski definition) is 1. The molecule has 208 valence electrons. The van der Waals surface area contributed by atoms with E-state index in [0.717, 1.165) is 39.5 Å². The van der Waals surface area contributed by atoms with E-state index in [1.807, 2.05) is 52.0 Å². The van der Waals surface area contributed by atoms with Crippen LogP contribution < -0.4 is 9.62 Å². The van der Waals surface area contributed by atoms with Gasteiger partial charge in [-0.1, -0.05) is 54.4 Å². The summed E-state index contributed by atoms with van der Waals surface area (Å²) in [5.41, 5.74) is 2.81. The summed E-state index contributed by atoms with van der Waals surface area (Å²) in [6.45, 7) is 8.75. The van der Waals surface area contributed by atoms with Gasteiger partial charge in [0.1, 0.15) is 18.4 Å². The molecule has 0 aliphatic heterocycles. The molecule has 0 aliphatic carbocycles. The van der Waals surface area contributed by atoms with Crippen LogP contribution in [-0.2, 0) is 26.2 Å². The minimum Gasteiger partial charge on any atom is -0.352 e. The Kier molecular flexibility index (Phi) is 9.86. The maximum atomic E-state index is 13.9. The lowest BCUT2D eigenvalue weighted by Gasteiger charge is -2.32. The number of carbonyl (C=O) groups excluding carboxylic acids is 2. The van der Waals surface area contributed by atoms with Crippen LogP contribution in [0, 0.1) is 19.7 Å². The number of aryl methyl sites for hydroxylation is 2. The van der Waals surface area contributed by atoms with Crippen molar-refractivity contribution < 1.29 is 22.4 Å². The average molecular weight is 554 g/mol. The maximum absolute atomic E-state index is 13.9. The fraction of sp³-hybridized carbons (Fsp3) is 0.333. The topological polar surface area (TPSA) is 86.8 Å². The number of nitrogens with zero attached hydrogens (tertiary/aromatic N) is 2. The molecular formula is C30H36FN3O4S. The van der Waals surface area contributed by atoms with Gasteiger partial charge < -0.3 is 10.2 Å². The van der Waals surface area contributed by atoms with Gasteiger partial charge in [-0.05, 0) is 76.1 Å². The summed E-state index contributed by atoms with van der Waals surface area (Å²) in [6.07, 6.45) is 0.720. The lowest BCUT2D eigenvalue weighted by molar-refractivity contribution is -0.139. The quantitative estimate of drug-likeness (QED) is 0.363. The number of halogens is 1. The first-order chi connectivity index (χ1) is 18.4. The molecule has 1 N–H and O–H groups in total. The largest absolute Gasteiger partial charge is 0.352 e. The van der Waals surface area contributed by atoms with Gasteiger partial charge in [-0.15, -0.1) is 0 Å². The molecule has 39 heavy (non-hydrogen) atoms. The first-order valence-electron chi connectivity index (χ1n) is 12.9. The van der Waals surface area contributed by atoms with E-state index in [1.54, 1.807) is 19.1 Å². The van der Waals surface area contributed by atoms with Crippen molar-refractivity contribution in [2.24, 2.45) is 0 Å². The first-order valence-corrected chi connectivity index (χ1v) is 14.4. The minimum absolute atomic E-state index is 0.00183. The molecule has 7 nitrogen and oxygen atoms in total. The van der Waals surface area contributed by atoms with Crippen LogP contribution >= 0.6 is 0 Å². The van der Waals surface area contributed by atoms with Gasteiger partial charge in [0.05, 0.1) is 10.6 Å². The predicted octanol–water partition coefficient (Wildman–Crippen LogP) is 4.97. The van der Waals surface area contributed by atoms with E-state index in [1.165, 1.54) is 29.2 Å². The summed E-state index contributed by atoms with van der Waals surface area (Å²) in [6, 6.07) is 17.8. The number of anilines is 1. The molecule has 0 saturated carbocycles. The van der Waals surface area contributed by atoms with Crippen LogP contribution in [0.5, 0.6) is 0 Å². The van der Waals surface area contributed by atoms with Crippen molar-refractivity contribution in [2.75, 3.05) is 10.8 Å². The molecule has 3 rings (SSSR count). The molecule has 9 heteroatoms. The Labute approximate surface area is 230 Å². The van der Waals surface area contributed by atoms with Gasteiger partial charge in [-0.3, -0.25) is 13.9 Å². The summed E-state index contributed by atoms with van der Waals surface area (Å²) >= 11 is 0. The monoisotopic (exact) mass is 553 g/mol. The summed E-state index contributed by atoms with van der Waals surface area (Å²) in [5, 5.41) is 2.91. The fourth-order valence-corrected chi connectivity index (χ4v) is 5.44. The molecular weight excluding hydrogens is 517 g/mol. The molecule has 0 unspecified atom stereocenters. The molecule has 0 aliphatic rings. The summed E-state index contributed by atoms with van der Waals surface area (Å²) < 4.78 is 42.2. The van der Waals surface area contributed by atoms with Crippen LogP contribution in [0.25, 0.3) is 0 Å². The Morgan fingerprint density at radius 1 is 0.923 bits per heavy atom. The Bertz CT molecular complexity index is 1390. The molecule has 2 amide bonds. The van der Waals surface area contributed by atoms with Crippen LogP contribution in [0.2, 0.25) is 0 Å². The Balaban J connectivity index is 2.02. The lowest BCUT2D eigenvalue weighted by atomic mass is 10.1. The molecule has 0 fully saturated rings. The first kappa shape index (κ1) is 29.8. The third-order valence-corrected chi connectivity index (χ3v) is 8.39. The van der Waals surface area contributed by atoms with E-state index in [0.29, 0.717) is 0 Å². The van der Waals surface area contributed by atoms with Gasteiger partial charge in [-0.25, -0.2) is 12.8 Å². The molecule has 0 spiro atoms. The van der Waals surface area contributed by atoms with E-state index < -0.39 is 34.3 Å². The zero-order valence-corrected chi connectivity index (χ0v) is 23.8. The van der Waals surface area contributed by atoms with Gasteiger partial charge in [0.25, 0.3) is 10.0 Å². The number of hydrogen-bond acceptors (Lipinski definition) is 4. The van der Waals surface area contributed by atoms with E-state index in [2.05, 4.69) is 5.32 Å². The number of rotatable bonds is 11. The second-order valence-electron chi connectivity index (χ2n) is 9.81. The van der Waals surface area contributed by atoms with Crippen molar-refractivity contribution in [3.63, 3.8) is 0 Å². The highest BCUT2D eigenvalue weighted by Gasteiger charge is 2.32. The van der Waals surface area contributed by atoms with E-state index in [-0.39, 0.29) is 29.1 Å². The van der Waals surface area contributed by atoms with Crippen molar-refractivity contribution in [3.05, 3.63) is 95.3 Å². The molecule has 3 aromatic carbocycles. The number of amides is 2. The number of carbonyl (C=O) groups is 2. The summed E-state index contributed by atoms with van der Waals surface area (Å²) in [7, 11) is -4.20. The highest BCUT2D eigenvalue weighted by molar-refractivity contribution is 7.92. The zero-order chi connectivity index (χ0) is 28.7. The van der Waals surface area contributed by atoms with Crippen molar-refractivity contribution in [2.45, 2.75) is 64.6 Å². The molecule has 0 bridgehead atoms. The highest BCUT2D eigenvalue weighted by Crippen LogP contribution is 2.25. The Morgan fingerprint density at radius 2 is 1.56 bits per heavy atom. The van der Waals surface area contributed by atoms with Gasteiger partial charge >= 0.3 is 0 Å². The smallest absolute Gasteiger partial charge is 0.264 e. The molecule has 0 saturated heterocycles. The maximum Gasteiger partial charge on any atom is 0.264 e. The molecule has 0 radical (unpaired) electrons. The number of benzene rings is 3. The number of sulfonamides is 1. The standard InChI is InChI=1S/C30H36FN3O4S/c1-6-23(4)32-30(36)24(5)33(19-25-9-7-8-22(3)18-25)29(35)20-34(27-14-12-26(31)13-15-27)39(37,38)28-16-10-21(2)11-17-28/h7-18,23-24H,6,19-20H2,1-5H3,(H,32,36)/t23-,24-/m1/s1. The van der Waals surface area contributed by atoms with Gasteiger partial charge in [-0.2, -0.15) is 0 Å². The molecule has 0 aromatic heterocycles. The van der Waals surface area contributed by atoms with E-state index >= 15 is 0 Å². The van der Waals surface area contributed by atoms with Gasteiger partial charge in [0.15, 0.2) is 0 Å². The molecule has 0 heterocycles. The zero-order valence-electron chi connectivity index (χ0n) is 23.0.